The van der Waals surface area contributed by atoms with Crippen LogP contribution in [0.4, 0.5) is 5.69 Å². The molecule has 0 saturated carbocycles. The molecule has 6 rings (SSSR count). The number of nitrogen functional groups attached to an aromatic ring is 1. The Kier molecular flexibility index (Phi) is 4.30. The molecule has 0 aliphatic heterocycles. The third-order valence-corrected chi connectivity index (χ3v) is 6.71. The summed E-state index contributed by atoms with van der Waals surface area (Å²) in [7, 11) is 0. The number of pyridine rings is 2. The Morgan fingerprint density at radius 1 is 0.970 bits per heavy atom. The maximum atomic E-state index is 11.7. The lowest BCUT2D eigenvalue weighted by molar-refractivity contribution is 0.102. The van der Waals surface area contributed by atoms with E-state index in [9.17, 15) is 4.79 Å². The highest BCUT2D eigenvalue weighted by atomic mass is 32.1. The Morgan fingerprint density at radius 2 is 1.85 bits per heavy atom. The highest BCUT2D eigenvalue weighted by molar-refractivity contribution is 7.17. The minimum absolute atomic E-state index is 0.0447. The second-order valence-corrected chi connectivity index (χ2v) is 8.81. The van der Waals surface area contributed by atoms with Gasteiger partial charge in [-0.15, -0.1) is 11.3 Å². The molecule has 0 bridgehead atoms. The van der Waals surface area contributed by atoms with Crippen LogP contribution in [0.5, 0.6) is 0 Å². The molecule has 5 aromatic heterocycles. The molecule has 0 radical (unpaired) electrons. The molecule has 0 atom stereocenters. The molecular weight excluding hydrogens is 434 g/mol. The van der Waals surface area contributed by atoms with E-state index in [0.717, 1.165) is 43.5 Å². The number of ketones is 1. The fourth-order valence-corrected chi connectivity index (χ4v) is 4.80. The molecule has 0 fully saturated rings. The van der Waals surface area contributed by atoms with Crippen LogP contribution >= 0.6 is 11.3 Å². The molecule has 0 aliphatic carbocycles. The summed E-state index contributed by atoms with van der Waals surface area (Å²) in [6, 6.07) is 11.7. The van der Waals surface area contributed by atoms with Crippen molar-refractivity contribution in [2.75, 3.05) is 5.73 Å². The van der Waals surface area contributed by atoms with Gasteiger partial charge in [0.2, 0.25) is 0 Å². The SMILES string of the molecule is CC(=O)c1ccc(-c2cncc3[nH]c(-c4n[nH]c5ccc(-c6cncc(N)c6)cc45)nc23)s1. The largest absolute Gasteiger partial charge is 0.397 e. The molecule has 5 heterocycles. The van der Waals surface area contributed by atoms with E-state index in [1.54, 1.807) is 31.7 Å². The molecule has 9 heteroatoms. The minimum Gasteiger partial charge on any atom is -0.397 e. The van der Waals surface area contributed by atoms with E-state index in [0.29, 0.717) is 22.1 Å². The Bertz CT molecular complexity index is 1680. The lowest BCUT2D eigenvalue weighted by atomic mass is 10.0. The number of hydrogen-bond acceptors (Lipinski definition) is 7. The summed E-state index contributed by atoms with van der Waals surface area (Å²) < 4.78 is 0. The predicted molar refractivity (Wildman–Crippen MR) is 130 cm³/mol. The summed E-state index contributed by atoms with van der Waals surface area (Å²) in [5, 5.41) is 8.53. The van der Waals surface area contributed by atoms with Gasteiger partial charge in [0.1, 0.15) is 11.2 Å². The van der Waals surface area contributed by atoms with Crippen molar-refractivity contribution in [1.82, 2.24) is 30.1 Å². The zero-order chi connectivity index (χ0) is 22.5. The number of rotatable bonds is 4. The average molecular weight is 452 g/mol. The number of hydrogen-bond donors (Lipinski definition) is 3. The van der Waals surface area contributed by atoms with Crippen molar-refractivity contribution < 1.29 is 4.79 Å². The first-order valence-electron chi connectivity index (χ1n) is 10.2. The normalized spacial score (nSPS) is 11.4. The minimum atomic E-state index is 0.0447. The number of imidazole rings is 1. The van der Waals surface area contributed by atoms with Crippen molar-refractivity contribution in [3.63, 3.8) is 0 Å². The maximum absolute atomic E-state index is 11.7. The van der Waals surface area contributed by atoms with E-state index in [4.69, 9.17) is 10.7 Å². The number of aromatic nitrogens is 6. The second-order valence-electron chi connectivity index (χ2n) is 7.73. The van der Waals surface area contributed by atoms with Gasteiger partial charge in [0.25, 0.3) is 0 Å². The Morgan fingerprint density at radius 3 is 2.67 bits per heavy atom. The number of carbonyl (C=O) groups excluding carboxylic acids is 1. The topological polar surface area (TPSA) is 126 Å². The van der Waals surface area contributed by atoms with E-state index >= 15 is 0 Å². The summed E-state index contributed by atoms with van der Waals surface area (Å²) in [6.45, 7) is 1.57. The van der Waals surface area contributed by atoms with Gasteiger partial charge in [0, 0.05) is 40.0 Å². The number of nitrogens with two attached hydrogens (primary N) is 1. The van der Waals surface area contributed by atoms with Gasteiger partial charge in [-0.1, -0.05) is 6.07 Å². The molecule has 4 N–H and O–H groups in total. The number of fused-ring (bicyclic) bond motifs is 2. The van der Waals surface area contributed by atoms with Gasteiger partial charge in [-0.25, -0.2) is 4.98 Å². The van der Waals surface area contributed by atoms with Gasteiger partial charge in [-0.05, 0) is 42.8 Å². The van der Waals surface area contributed by atoms with Crippen molar-refractivity contribution in [2.24, 2.45) is 0 Å². The number of nitrogens with one attached hydrogen (secondary N) is 2. The molecule has 160 valence electrons. The van der Waals surface area contributed by atoms with Crippen molar-refractivity contribution in [3.8, 4) is 33.1 Å². The number of H-pyrrole nitrogens is 2. The summed E-state index contributed by atoms with van der Waals surface area (Å²) >= 11 is 1.44. The summed E-state index contributed by atoms with van der Waals surface area (Å²) in [5.74, 6) is 0.681. The predicted octanol–water partition coefficient (Wildman–Crippen LogP) is 5.08. The first-order valence-corrected chi connectivity index (χ1v) is 11.0. The number of anilines is 1. The van der Waals surface area contributed by atoms with Crippen LogP contribution in [-0.2, 0) is 0 Å². The molecule has 8 nitrogen and oxygen atoms in total. The highest BCUT2D eigenvalue weighted by Crippen LogP contribution is 2.35. The van der Waals surface area contributed by atoms with Gasteiger partial charge in [-0.2, -0.15) is 5.10 Å². The number of carbonyl (C=O) groups is 1. The summed E-state index contributed by atoms with van der Waals surface area (Å²) in [5.41, 5.74) is 12.5. The highest BCUT2D eigenvalue weighted by Gasteiger charge is 2.17. The molecule has 33 heavy (non-hydrogen) atoms. The third kappa shape index (κ3) is 3.26. The molecule has 1 aromatic carbocycles. The zero-order valence-corrected chi connectivity index (χ0v) is 18.3. The van der Waals surface area contributed by atoms with Crippen LogP contribution in [0.25, 0.3) is 55.0 Å². The quantitative estimate of drug-likeness (QED) is 0.321. The number of aromatic amines is 2. The van der Waals surface area contributed by atoms with E-state index in [2.05, 4.69) is 31.2 Å². The Balaban J connectivity index is 1.48. The molecule has 0 unspecified atom stereocenters. The van der Waals surface area contributed by atoms with Crippen LogP contribution in [0, 0.1) is 0 Å². The van der Waals surface area contributed by atoms with Crippen molar-refractivity contribution in [2.45, 2.75) is 6.92 Å². The Hall–Kier alpha value is -4.37. The van der Waals surface area contributed by atoms with Crippen molar-refractivity contribution in [1.29, 1.82) is 0 Å². The third-order valence-electron chi connectivity index (χ3n) is 5.49. The lowest BCUT2D eigenvalue weighted by Crippen LogP contribution is -1.88. The number of nitrogens with zero attached hydrogens (tertiary/aromatic N) is 4. The molecule has 0 saturated heterocycles. The first-order chi connectivity index (χ1) is 16.1. The maximum Gasteiger partial charge on any atom is 0.169 e. The van der Waals surface area contributed by atoms with Gasteiger partial charge in [0.15, 0.2) is 11.6 Å². The number of Topliss-reactive ketones (excluding diaryl/α,β-unsaturated/α-hetero) is 1. The summed E-state index contributed by atoms with van der Waals surface area (Å²) in [4.78, 5) is 30.2. The van der Waals surface area contributed by atoms with Crippen LogP contribution < -0.4 is 5.73 Å². The van der Waals surface area contributed by atoms with Crippen LogP contribution in [0.2, 0.25) is 0 Å². The van der Waals surface area contributed by atoms with Gasteiger partial charge in [-0.3, -0.25) is 19.9 Å². The van der Waals surface area contributed by atoms with Crippen molar-refractivity contribution in [3.05, 3.63) is 66.1 Å². The second kappa shape index (κ2) is 7.35. The van der Waals surface area contributed by atoms with Crippen LogP contribution in [0.1, 0.15) is 16.6 Å². The van der Waals surface area contributed by atoms with E-state index in [1.165, 1.54) is 11.3 Å². The van der Waals surface area contributed by atoms with Crippen LogP contribution in [-0.4, -0.2) is 35.9 Å². The lowest BCUT2D eigenvalue weighted by Gasteiger charge is -2.03. The van der Waals surface area contributed by atoms with Crippen molar-refractivity contribution >= 4 is 44.7 Å². The standard InChI is InChI=1S/C24H17N7OS/c1-12(32)20-4-5-21(33-20)17-10-27-11-19-22(17)29-24(28-19)23-16-7-13(2-3-18(16)30-31-23)14-6-15(25)9-26-8-14/h2-11H,25H2,1H3,(H,28,29)(H,30,31). The number of thiophene rings is 1. The van der Waals surface area contributed by atoms with Crippen LogP contribution in [0.15, 0.2) is 61.2 Å². The summed E-state index contributed by atoms with van der Waals surface area (Å²) in [6.07, 6.45) is 6.93. The van der Waals surface area contributed by atoms with Gasteiger partial charge in [0.05, 0.1) is 27.8 Å². The van der Waals surface area contributed by atoms with Gasteiger partial charge >= 0.3 is 0 Å². The van der Waals surface area contributed by atoms with E-state index in [-0.39, 0.29) is 5.78 Å². The molecular formula is C24H17N7OS. The smallest absolute Gasteiger partial charge is 0.169 e. The molecule has 6 aromatic rings. The average Bonchev–Trinajstić information content (AvgIpc) is 3.55. The van der Waals surface area contributed by atoms with Crippen LogP contribution in [0.3, 0.4) is 0 Å². The fourth-order valence-electron chi connectivity index (χ4n) is 3.89. The van der Waals surface area contributed by atoms with E-state index < -0.39 is 0 Å². The van der Waals surface area contributed by atoms with E-state index in [1.807, 2.05) is 30.3 Å². The zero-order valence-electron chi connectivity index (χ0n) is 17.5. The monoisotopic (exact) mass is 451 g/mol. The molecule has 0 aliphatic rings. The first kappa shape index (κ1) is 19.3. The van der Waals surface area contributed by atoms with Gasteiger partial charge < -0.3 is 10.7 Å². The fraction of sp³-hybridized carbons (Fsp3) is 0.0417. The molecule has 0 amide bonds. The molecule has 0 spiro atoms. The Labute approximate surface area is 191 Å². The number of benzene rings is 1.